The van der Waals surface area contributed by atoms with Gasteiger partial charge in [0, 0.05) is 43.5 Å². The van der Waals surface area contributed by atoms with Crippen molar-refractivity contribution < 1.29 is 18.4 Å². The maximum absolute atomic E-state index is 10.4. The Kier molecular flexibility index (Phi) is 8.00. The van der Waals surface area contributed by atoms with Crippen molar-refractivity contribution in [2.75, 3.05) is 46.0 Å². The molecule has 0 atom stereocenters. The van der Waals surface area contributed by atoms with E-state index in [0.29, 0.717) is 37.6 Å². The van der Waals surface area contributed by atoms with E-state index in [1.165, 1.54) is 0 Å². The van der Waals surface area contributed by atoms with E-state index >= 15 is 0 Å². The lowest BCUT2D eigenvalue weighted by molar-refractivity contribution is -0.00841. The van der Waals surface area contributed by atoms with E-state index in [4.69, 9.17) is 13.3 Å². The van der Waals surface area contributed by atoms with Crippen LogP contribution in [0.25, 0.3) is 0 Å². The summed E-state index contributed by atoms with van der Waals surface area (Å²) >= 11 is 0. The van der Waals surface area contributed by atoms with Crippen molar-refractivity contribution in [2.45, 2.75) is 26.3 Å². The number of hydrogen-bond acceptors (Lipinski definition) is 8. The Morgan fingerprint density at radius 2 is 1.64 bits per heavy atom. The lowest BCUT2D eigenvalue weighted by Gasteiger charge is -2.38. The summed E-state index contributed by atoms with van der Waals surface area (Å²) in [7, 11) is -2.62. The molecular weight excluding hydrogens is 436 g/mol. The molecule has 0 saturated carbocycles. The predicted molar refractivity (Wildman–Crippen MR) is 130 cm³/mol. The average molecular weight is 469 g/mol. The number of phenols is 1. The van der Waals surface area contributed by atoms with Crippen LogP contribution in [0.3, 0.4) is 0 Å². The van der Waals surface area contributed by atoms with Crippen molar-refractivity contribution in [3.05, 3.63) is 53.6 Å². The van der Waals surface area contributed by atoms with Gasteiger partial charge in [0.05, 0.1) is 31.2 Å². The zero-order valence-corrected chi connectivity index (χ0v) is 20.4. The highest BCUT2D eigenvalue weighted by atomic mass is 28.4. The number of aromatic hydroxyl groups is 1. The summed E-state index contributed by atoms with van der Waals surface area (Å²) < 4.78 is 18.2. The molecule has 0 unspecified atom stereocenters. The number of aryl methyl sites for hydroxylation is 1. The molecule has 3 saturated heterocycles. The number of hydrogen-bond donors (Lipinski definition) is 1. The third-order valence-corrected chi connectivity index (χ3v) is 8.73. The van der Waals surface area contributed by atoms with E-state index in [-0.39, 0.29) is 5.75 Å². The van der Waals surface area contributed by atoms with E-state index < -0.39 is 8.80 Å². The van der Waals surface area contributed by atoms with Crippen molar-refractivity contribution >= 4 is 25.9 Å². The molecule has 8 nitrogen and oxygen atoms in total. The molecule has 0 radical (unpaired) electrons. The topological polar surface area (TPSA) is 88.2 Å². The molecule has 0 aliphatic carbocycles. The predicted octanol–water partition coefficient (Wildman–Crippen LogP) is 4.63. The van der Waals surface area contributed by atoms with Crippen LogP contribution in [0.5, 0.6) is 5.75 Å². The third-order valence-electron chi connectivity index (χ3n) is 5.83. The molecule has 0 amide bonds. The van der Waals surface area contributed by atoms with Gasteiger partial charge in [-0.2, -0.15) is 10.2 Å². The van der Waals surface area contributed by atoms with Gasteiger partial charge < -0.3 is 18.4 Å². The number of phenolic OH excluding ortho intramolecular Hbond substituents is 1. The largest absolute Gasteiger partial charge is 0.507 e. The summed E-state index contributed by atoms with van der Waals surface area (Å²) in [5.41, 5.74) is 4.00. The highest BCUT2D eigenvalue weighted by Crippen LogP contribution is 2.27. The van der Waals surface area contributed by atoms with Gasteiger partial charge in [-0.15, -0.1) is 0 Å². The first-order chi connectivity index (χ1) is 16.0. The molecule has 3 aliphatic heterocycles. The zero-order valence-electron chi connectivity index (χ0n) is 19.4. The summed E-state index contributed by atoms with van der Waals surface area (Å²) in [6, 6.07) is 13.8. The summed E-state index contributed by atoms with van der Waals surface area (Å²) in [6.45, 7) is 9.32. The van der Waals surface area contributed by atoms with Crippen LogP contribution < -0.4 is 0 Å². The molecule has 33 heavy (non-hydrogen) atoms. The highest BCUT2D eigenvalue weighted by Gasteiger charge is 2.43. The van der Waals surface area contributed by atoms with E-state index in [9.17, 15) is 5.11 Å². The number of azo groups is 1. The van der Waals surface area contributed by atoms with Gasteiger partial charge >= 0.3 is 8.80 Å². The molecule has 0 spiro atoms. The van der Waals surface area contributed by atoms with E-state index in [1.54, 1.807) is 12.1 Å². The standard InChI is InChI=1S/C24H32N4O4Si/c1-19-5-3-6-21(17-19)26-27-22-7-8-24(29)23(18-22)20(2)25-9-4-16-33-30-13-10-28(11-14-31-33)12-15-32-33/h3,5-8,17-18,29H,4,9-16H2,1-2H3. The molecule has 3 heterocycles. The second kappa shape index (κ2) is 11.1. The molecule has 2 aromatic rings. The summed E-state index contributed by atoms with van der Waals surface area (Å²) in [5.74, 6) is 0.179. The second-order valence-corrected chi connectivity index (χ2v) is 11.1. The number of nitrogens with zero attached hydrogens (tertiary/aromatic N) is 4. The Morgan fingerprint density at radius 1 is 0.970 bits per heavy atom. The van der Waals surface area contributed by atoms with Crippen LogP contribution >= 0.6 is 0 Å². The van der Waals surface area contributed by atoms with Crippen LogP contribution in [0.1, 0.15) is 24.5 Å². The van der Waals surface area contributed by atoms with Gasteiger partial charge in [-0.1, -0.05) is 12.1 Å². The lowest BCUT2D eigenvalue weighted by Crippen LogP contribution is -2.55. The van der Waals surface area contributed by atoms with Gasteiger partial charge in [-0.25, -0.2) is 0 Å². The maximum Gasteiger partial charge on any atom is 0.501 e. The molecule has 3 fully saturated rings. The lowest BCUT2D eigenvalue weighted by atomic mass is 10.1. The van der Waals surface area contributed by atoms with Crippen LogP contribution in [-0.2, 0) is 13.3 Å². The Morgan fingerprint density at radius 3 is 2.30 bits per heavy atom. The Hall–Kier alpha value is -2.43. The van der Waals surface area contributed by atoms with Gasteiger partial charge in [0.2, 0.25) is 0 Å². The van der Waals surface area contributed by atoms with Gasteiger partial charge in [-0.05, 0) is 56.2 Å². The fraction of sp³-hybridized carbons (Fsp3) is 0.458. The molecular formula is C24H32N4O4Si. The highest BCUT2D eigenvalue weighted by molar-refractivity contribution is 6.60. The van der Waals surface area contributed by atoms with Crippen molar-refractivity contribution in [1.29, 1.82) is 0 Å². The monoisotopic (exact) mass is 468 g/mol. The van der Waals surface area contributed by atoms with E-state index in [0.717, 1.165) is 49.1 Å². The number of aliphatic imine (C=N–C) groups is 1. The maximum atomic E-state index is 10.4. The molecule has 3 aliphatic rings. The van der Waals surface area contributed by atoms with Gasteiger partial charge in [0.25, 0.3) is 0 Å². The minimum atomic E-state index is -2.62. The molecule has 0 aromatic heterocycles. The van der Waals surface area contributed by atoms with Crippen LogP contribution in [-0.4, -0.2) is 70.5 Å². The van der Waals surface area contributed by atoms with Crippen molar-refractivity contribution in [3.63, 3.8) is 0 Å². The first-order valence-corrected chi connectivity index (χ1v) is 13.4. The smallest absolute Gasteiger partial charge is 0.501 e. The van der Waals surface area contributed by atoms with E-state index in [1.807, 2.05) is 44.2 Å². The Bertz CT molecular complexity index is 987. The van der Waals surface area contributed by atoms with E-state index in [2.05, 4.69) is 20.1 Å². The van der Waals surface area contributed by atoms with Crippen molar-refractivity contribution in [3.8, 4) is 5.75 Å². The fourth-order valence-corrected chi connectivity index (χ4v) is 6.46. The first-order valence-electron chi connectivity index (χ1n) is 11.5. The molecule has 9 heteroatoms. The van der Waals surface area contributed by atoms with Crippen LogP contribution in [0.2, 0.25) is 6.04 Å². The third kappa shape index (κ3) is 6.55. The van der Waals surface area contributed by atoms with Crippen molar-refractivity contribution in [2.24, 2.45) is 15.2 Å². The first kappa shape index (κ1) is 23.7. The van der Waals surface area contributed by atoms with Crippen LogP contribution in [0, 0.1) is 6.92 Å². The van der Waals surface area contributed by atoms with Crippen LogP contribution in [0.4, 0.5) is 11.4 Å². The minimum absolute atomic E-state index is 0.179. The summed E-state index contributed by atoms with van der Waals surface area (Å²) in [6.07, 6.45) is 0.806. The number of rotatable bonds is 7. The zero-order chi connectivity index (χ0) is 23.1. The normalized spacial score (nSPS) is 23.9. The van der Waals surface area contributed by atoms with Crippen molar-refractivity contribution in [1.82, 2.24) is 4.90 Å². The Labute approximate surface area is 196 Å². The molecule has 5 rings (SSSR count). The number of fused-ring (bicyclic) bond motifs is 6. The minimum Gasteiger partial charge on any atom is -0.507 e. The number of benzene rings is 2. The average Bonchev–Trinajstić information content (AvgIpc) is 2.76. The van der Waals surface area contributed by atoms with Gasteiger partial charge in [-0.3, -0.25) is 9.89 Å². The summed E-state index contributed by atoms with van der Waals surface area (Å²) in [4.78, 5) is 7.00. The molecule has 2 aromatic carbocycles. The molecule has 2 bridgehead atoms. The molecule has 176 valence electrons. The second-order valence-electron chi connectivity index (χ2n) is 8.38. The summed E-state index contributed by atoms with van der Waals surface area (Å²) in [5, 5.41) is 19.0. The molecule has 1 N–H and O–H groups in total. The van der Waals surface area contributed by atoms with Gasteiger partial charge in [0.1, 0.15) is 5.75 Å². The van der Waals surface area contributed by atoms with Crippen LogP contribution in [0.15, 0.2) is 57.7 Å². The van der Waals surface area contributed by atoms with Gasteiger partial charge in [0.15, 0.2) is 0 Å². The Balaban J connectivity index is 1.37. The fourth-order valence-electron chi connectivity index (χ4n) is 3.98. The SMILES string of the molecule is CC(=NCCC[Si]12OCCN(CCO1)CCO2)c1cc(N=Nc2cccc(C)c2)ccc1O. The quantitative estimate of drug-likeness (QED) is 0.277.